The second-order valence-electron chi connectivity index (χ2n) is 8.09. The van der Waals surface area contributed by atoms with E-state index in [0.717, 1.165) is 43.4 Å². The first kappa shape index (κ1) is 18.0. The normalized spacial score (nSPS) is 36.5. The lowest BCUT2D eigenvalue weighted by Gasteiger charge is -2.38. The highest BCUT2D eigenvalue weighted by Gasteiger charge is 2.44. The lowest BCUT2D eigenvalue weighted by molar-refractivity contribution is -0.127. The maximum Gasteiger partial charge on any atom is 0.157 e. The maximum absolute atomic E-state index is 13.2. The number of hydrogen-bond donors (Lipinski definition) is 1. The highest BCUT2D eigenvalue weighted by molar-refractivity contribution is 5.84. The maximum atomic E-state index is 13.2. The Labute approximate surface area is 154 Å². The fourth-order valence-electron chi connectivity index (χ4n) is 5.01. The van der Waals surface area contributed by atoms with Gasteiger partial charge in [0.2, 0.25) is 0 Å². The molecule has 0 bridgehead atoms. The van der Waals surface area contributed by atoms with Crippen LogP contribution in [0.1, 0.15) is 38.5 Å². The van der Waals surface area contributed by atoms with Gasteiger partial charge in [0.15, 0.2) is 5.76 Å². The number of ether oxygens (including phenoxy) is 3. The third-order valence-electron chi connectivity index (χ3n) is 6.56. The summed E-state index contributed by atoms with van der Waals surface area (Å²) in [6, 6.07) is 0. The highest BCUT2D eigenvalue weighted by atomic mass is 16.7. The number of likely N-dealkylation sites (N-methyl/N-ethyl adjacent to an activating group) is 1. The van der Waals surface area contributed by atoms with E-state index in [4.69, 9.17) is 14.2 Å². The number of aliphatic hydroxyl groups is 1. The fourth-order valence-corrected chi connectivity index (χ4v) is 5.01. The molecule has 0 aromatic carbocycles. The van der Waals surface area contributed by atoms with Crippen LogP contribution in [0.5, 0.6) is 0 Å². The second-order valence-corrected chi connectivity index (χ2v) is 8.09. The molecule has 4 atom stereocenters. The molecular weight excluding hydrogens is 334 g/mol. The van der Waals surface area contributed by atoms with Gasteiger partial charge in [-0.3, -0.25) is 4.79 Å². The molecule has 2 heterocycles. The highest BCUT2D eigenvalue weighted by Crippen LogP contribution is 2.41. The molecule has 4 rings (SSSR count). The van der Waals surface area contributed by atoms with E-state index in [1.165, 1.54) is 0 Å². The molecule has 4 aliphatic rings. The van der Waals surface area contributed by atoms with Crippen LogP contribution in [0, 0.1) is 11.8 Å². The largest absolute Gasteiger partial charge is 0.504 e. The first-order chi connectivity index (χ1) is 12.6. The summed E-state index contributed by atoms with van der Waals surface area (Å²) in [4.78, 5) is 15.4. The second kappa shape index (κ2) is 7.33. The zero-order chi connectivity index (χ0) is 18.3. The number of Topliss-reactive ketones (excluding diaryl/α,β-unsaturated/α-hetero) is 1. The molecular formula is C20H29NO5. The average Bonchev–Trinajstić information content (AvgIpc) is 3.09. The third-order valence-corrected chi connectivity index (χ3v) is 6.56. The number of ketones is 1. The van der Waals surface area contributed by atoms with Crippen molar-refractivity contribution in [2.75, 3.05) is 34.0 Å². The average molecular weight is 363 g/mol. The van der Waals surface area contributed by atoms with Crippen molar-refractivity contribution in [2.24, 2.45) is 11.8 Å². The molecule has 2 aliphatic heterocycles. The van der Waals surface area contributed by atoms with Crippen LogP contribution in [0.2, 0.25) is 0 Å². The van der Waals surface area contributed by atoms with Crippen LogP contribution < -0.4 is 0 Å². The van der Waals surface area contributed by atoms with E-state index in [1.54, 1.807) is 7.11 Å². The number of rotatable bonds is 1. The molecule has 1 N–H and O–H groups in total. The number of allylic oxidation sites excluding steroid dienone is 2. The van der Waals surface area contributed by atoms with E-state index in [0.29, 0.717) is 43.6 Å². The lowest BCUT2D eigenvalue weighted by Crippen LogP contribution is -2.42. The monoisotopic (exact) mass is 363 g/mol. The number of carbonyl (C=O) groups excluding carboxylic acids is 1. The third kappa shape index (κ3) is 3.30. The van der Waals surface area contributed by atoms with Crippen molar-refractivity contribution < 1.29 is 24.1 Å². The van der Waals surface area contributed by atoms with Crippen LogP contribution in [0.25, 0.3) is 0 Å². The number of hydrogen-bond acceptors (Lipinski definition) is 6. The number of nitrogens with zero attached hydrogens (tertiary/aromatic N) is 1. The summed E-state index contributed by atoms with van der Waals surface area (Å²) in [5.41, 5.74) is 1.96. The van der Waals surface area contributed by atoms with Gasteiger partial charge in [0, 0.05) is 30.9 Å². The Morgan fingerprint density at radius 2 is 1.96 bits per heavy atom. The molecule has 0 amide bonds. The molecule has 1 saturated heterocycles. The Morgan fingerprint density at radius 3 is 2.73 bits per heavy atom. The van der Waals surface area contributed by atoms with Gasteiger partial charge in [0.05, 0.1) is 19.3 Å². The van der Waals surface area contributed by atoms with E-state index in [9.17, 15) is 9.90 Å². The molecule has 0 aromatic rings. The van der Waals surface area contributed by atoms with Gasteiger partial charge in [0.1, 0.15) is 18.3 Å². The van der Waals surface area contributed by atoms with E-state index >= 15 is 0 Å². The lowest BCUT2D eigenvalue weighted by atomic mass is 9.71. The number of methoxy groups -OCH3 is 1. The van der Waals surface area contributed by atoms with Gasteiger partial charge in [-0.1, -0.05) is 5.57 Å². The Morgan fingerprint density at radius 1 is 1.19 bits per heavy atom. The Kier molecular flexibility index (Phi) is 5.08. The minimum absolute atomic E-state index is 0.0353. The SMILES string of the molecule is COC1=C(O)C2=C(CC1)CC(=O)C1CC3OCOC3CC1CCN(C)C2. The predicted molar refractivity (Wildman–Crippen MR) is 95.5 cm³/mol. The van der Waals surface area contributed by atoms with Crippen LogP contribution in [0.4, 0.5) is 0 Å². The smallest absolute Gasteiger partial charge is 0.157 e. The molecule has 1 saturated carbocycles. The summed E-state index contributed by atoms with van der Waals surface area (Å²) in [5.74, 6) is 1.57. The molecule has 2 fully saturated rings. The van der Waals surface area contributed by atoms with E-state index < -0.39 is 0 Å². The van der Waals surface area contributed by atoms with E-state index in [2.05, 4.69) is 11.9 Å². The summed E-state index contributed by atoms with van der Waals surface area (Å²) in [6.45, 7) is 1.92. The molecule has 26 heavy (non-hydrogen) atoms. The fraction of sp³-hybridized carbons (Fsp3) is 0.750. The van der Waals surface area contributed by atoms with Gasteiger partial charge in [-0.05, 0) is 45.2 Å². The number of fused-ring (bicyclic) bond motifs is 2. The molecule has 6 nitrogen and oxygen atoms in total. The standard InChI is InChI=1S/C20H29NO5/c1-21-6-5-13-8-18-19(26-11-25-18)9-14(13)16(22)7-12-3-4-17(24-2)20(23)15(12)10-21/h13-14,18-19,23H,3-11H2,1-2H3. The van der Waals surface area contributed by atoms with Crippen molar-refractivity contribution >= 4 is 5.78 Å². The molecule has 2 aliphatic carbocycles. The summed E-state index contributed by atoms with van der Waals surface area (Å²) >= 11 is 0. The molecule has 6 heteroatoms. The van der Waals surface area contributed by atoms with Gasteiger partial charge in [-0.2, -0.15) is 0 Å². The zero-order valence-electron chi connectivity index (χ0n) is 15.7. The molecule has 144 valence electrons. The van der Waals surface area contributed by atoms with Crippen LogP contribution in [0.15, 0.2) is 22.7 Å². The minimum Gasteiger partial charge on any atom is -0.504 e. The van der Waals surface area contributed by atoms with Gasteiger partial charge in [-0.25, -0.2) is 0 Å². The first-order valence-electron chi connectivity index (χ1n) is 9.68. The number of aliphatic hydroxyl groups excluding tert-OH is 1. The molecule has 0 spiro atoms. The van der Waals surface area contributed by atoms with E-state index in [1.807, 2.05) is 0 Å². The molecule has 0 radical (unpaired) electrons. The van der Waals surface area contributed by atoms with Crippen molar-refractivity contribution in [3.8, 4) is 0 Å². The van der Waals surface area contributed by atoms with Crippen LogP contribution in [0.3, 0.4) is 0 Å². The van der Waals surface area contributed by atoms with Crippen LogP contribution in [-0.4, -0.2) is 62.0 Å². The molecule has 0 aromatic heterocycles. The van der Waals surface area contributed by atoms with Gasteiger partial charge in [0.25, 0.3) is 0 Å². The molecule has 4 unspecified atom stereocenters. The Hall–Kier alpha value is -1.37. The van der Waals surface area contributed by atoms with Crippen molar-refractivity contribution in [3.05, 3.63) is 22.7 Å². The van der Waals surface area contributed by atoms with Crippen molar-refractivity contribution in [1.82, 2.24) is 4.90 Å². The summed E-state index contributed by atoms with van der Waals surface area (Å²) in [5, 5.41) is 10.6. The van der Waals surface area contributed by atoms with Crippen molar-refractivity contribution in [3.63, 3.8) is 0 Å². The van der Waals surface area contributed by atoms with E-state index in [-0.39, 0.29) is 23.9 Å². The van der Waals surface area contributed by atoms with Gasteiger partial charge >= 0.3 is 0 Å². The minimum atomic E-state index is 0.0353. The summed E-state index contributed by atoms with van der Waals surface area (Å²) in [7, 11) is 3.68. The number of carbonyl (C=O) groups is 1. The Balaban J connectivity index is 1.62. The Bertz CT molecular complexity index is 640. The summed E-state index contributed by atoms with van der Waals surface area (Å²) < 4.78 is 16.7. The van der Waals surface area contributed by atoms with Crippen LogP contribution >= 0.6 is 0 Å². The zero-order valence-corrected chi connectivity index (χ0v) is 15.7. The van der Waals surface area contributed by atoms with Gasteiger partial charge in [-0.15, -0.1) is 0 Å². The van der Waals surface area contributed by atoms with Crippen molar-refractivity contribution in [1.29, 1.82) is 0 Å². The van der Waals surface area contributed by atoms with Crippen molar-refractivity contribution in [2.45, 2.75) is 50.7 Å². The topological polar surface area (TPSA) is 68.2 Å². The van der Waals surface area contributed by atoms with Gasteiger partial charge < -0.3 is 24.2 Å². The predicted octanol–water partition coefficient (Wildman–Crippen LogP) is 2.56. The van der Waals surface area contributed by atoms with Crippen LogP contribution in [-0.2, 0) is 19.0 Å². The first-order valence-corrected chi connectivity index (χ1v) is 9.68. The quantitative estimate of drug-likeness (QED) is 0.772. The summed E-state index contributed by atoms with van der Waals surface area (Å²) in [6.07, 6.45) is 4.75.